The highest BCUT2D eigenvalue weighted by molar-refractivity contribution is 7.99. The first-order valence-electron chi connectivity index (χ1n) is 8.41. The number of benzene rings is 2. The molecule has 0 saturated heterocycles. The van der Waals surface area contributed by atoms with E-state index < -0.39 is 16.4 Å². The summed E-state index contributed by atoms with van der Waals surface area (Å²) in [5.74, 6) is -0.443. The third-order valence-electron chi connectivity index (χ3n) is 3.95. The van der Waals surface area contributed by atoms with Crippen LogP contribution in [0.1, 0.15) is 5.56 Å². The molecule has 0 radical (unpaired) electrons. The van der Waals surface area contributed by atoms with Crippen molar-refractivity contribution in [3.05, 3.63) is 92.9 Å². The van der Waals surface area contributed by atoms with Crippen molar-refractivity contribution in [3.8, 4) is 0 Å². The topological polar surface area (TPSA) is 94.2 Å². The van der Waals surface area contributed by atoms with Crippen molar-refractivity contribution >= 4 is 29.0 Å². The summed E-state index contributed by atoms with van der Waals surface area (Å²) in [6.07, 6.45) is 1.10. The van der Waals surface area contributed by atoms with Crippen LogP contribution in [0, 0.1) is 17.0 Å². The van der Waals surface area contributed by atoms with Crippen LogP contribution in [-0.2, 0) is 11.3 Å². The van der Waals surface area contributed by atoms with E-state index in [1.165, 1.54) is 18.7 Å². The molecule has 0 saturated carbocycles. The summed E-state index contributed by atoms with van der Waals surface area (Å²) >= 11 is 1.50. The van der Waals surface area contributed by atoms with Gasteiger partial charge in [0.05, 0.1) is 16.8 Å². The molecule has 1 amide bonds. The van der Waals surface area contributed by atoms with Gasteiger partial charge in [0.15, 0.2) is 0 Å². The molecule has 8 heteroatoms. The minimum Gasteiger partial charge on any atom is -0.324 e. The number of nitro groups is 1. The van der Waals surface area contributed by atoms with Crippen molar-refractivity contribution in [3.63, 3.8) is 0 Å². The van der Waals surface area contributed by atoms with E-state index in [2.05, 4.69) is 5.32 Å². The van der Waals surface area contributed by atoms with Crippen LogP contribution in [0.3, 0.4) is 0 Å². The van der Waals surface area contributed by atoms with Crippen LogP contribution in [0.4, 0.5) is 11.4 Å². The molecule has 1 heterocycles. The highest BCUT2D eigenvalue weighted by Gasteiger charge is 2.15. The number of hydrogen-bond acceptors (Lipinski definition) is 5. The highest BCUT2D eigenvalue weighted by Crippen LogP contribution is 2.33. The van der Waals surface area contributed by atoms with Gasteiger partial charge in [0, 0.05) is 21.4 Å². The van der Waals surface area contributed by atoms with Gasteiger partial charge >= 0.3 is 0 Å². The van der Waals surface area contributed by atoms with Crippen LogP contribution in [-0.4, -0.2) is 15.4 Å². The van der Waals surface area contributed by atoms with E-state index in [4.69, 9.17) is 0 Å². The summed E-state index contributed by atoms with van der Waals surface area (Å²) in [4.78, 5) is 36.9. The van der Waals surface area contributed by atoms with Crippen molar-refractivity contribution in [2.45, 2.75) is 23.3 Å². The molecule has 1 aromatic heterocycles. The van der Waals surface area contributed by atoms with E-state index in [-0.39, 0.29) is 17.8 Å². The Labute approximate surface area is 165 Å². The Hall–Kier alpha value is -3.39. The maximum atomic E-state index is 12.5. The number of carbonyl (C=O) groups is 1. The van der Waals surface area contributed by atoms with Crippen LogP contribution in [0.2, 0.25) is 0 Å². The number of nitrogens with one attached hydrogen (secondary N) is 1. The van der Waals surface area contributed by atoms with Crippen LogP contribution >= 0.6 is 11.8 Å². The molecule has 0 aliphatic rings. The molecular weight excluding hydrogens is 378 g/mol. The molecule has 142 valence electrons. The summed E-state index contributed by atoms with van der Waals surface area (Å²) in [6, 6.07) is 18.2. The second kappa shape index (κ2) is 8.53. The van der Waals surface area contributed by atoms with Gasteiger partial charge in [-0.25, -0.2) is 0 Å². The Morgan fingerprint density at radius 3 is 2.54 bits per heavy atom. The average molecular weight is 395 g/mol. The third-order valence-corrected chi connectivity index (χ3v) is 5.03. The van der Waals surface area contributed by atoms with E-state index >= 15 is 0 Å². The van der Waals surface area contributed by atoms with Crippen LogP contribution in [0.5, 0.6) is 0 Å². The number of para-hydroxylation sites is 1. The first-order valence-corrected chi connectivity index (χ1v) is 9.23. The molecule has 3 rings (SSSR count). The van der Waals surface area contributed by atoms with Crippen molar-refractivity contribution in [2.75, 3.05) is 5.32 Å². The lowest BCUT2D eigenvalue weighted by molar-refractivity contribution is -0.385. The number of aromatic nitrogens is 1. The van der Waals surface area contributed by atoms with Gasteiger partial charge in [-0.05, 0) is 31.2 Å². The second-order valence-electron chi connectivity index (χ2n) is 6.02. The minimum atomic E-state index is -0.574. The summed E-state index contributed by atoms with van der Waals surface area (Å²) < 4.78 is 1.04. The summed E-state index contributed by atoms with van der Waals surface area (Å²) in [7, 11) is 0. The van der Waals surface area contributed by atoms with E-state index in [9.17, 15) is 19.7 Å². The van der Waals surface area contributed by atoms with Crippen molar-refractivity contribution < 1.29 is 9.72 Å². The fourth-order valence-electron chi connectivity index (χ4n) is 2.59. The molecule has 0 fully saturated rings. The largest absolute Gasteiger partial charge is 0.324 e. The van der Waals surface area contributed by atoms with Gasteiger partial charge in [-0.1, -0.05) is 42.1 Å². The van der Waals surface area contributed by atoms with Crippen molar-refractivity contribution in [1.82, 2.24) is 4.57 Å². The normalized spacial score (nSPS) is 10.5. The number of rotatable bonds is 6. The Morgan fingerprint density at radius 2 is 1.82 bits per heavy atom. The fourth-order valence-corrected chi connectivity index (χ4v) is 3.51. The number of anilines is 1. The Balaban J connectivity index is 1.79. The average Bonchev–Trinajstić information content (AvgIpc) is 2.66. The molecule has 3 aromatic rings. The number of nitrogens with zero attached hydrogens (tertiary/aromatic N) is 2. The number of aryl methyl sites for hydroxylation is 1. The predicted molar refractivity (Wildman–Crippen MR) is 108 cm³/mol. The SMILES string of the molecule is Cc1cc(=O)n(CC(=O)Nc2ccccc2Sc2ccccc2)cc1[N+](=O)[O-]. The van der Waals surface area contributed by atoms with Gasteiger partial charge in [-0.2, -0.15) is 0 Å². The molecule has 0 aliphatic carbocycles. The lowest BCUT2D eigenvalue weighted by atomic mass is 10.2. The number of amides is 1. The standard InChI is InChI=1S/C20H17N3O4S/c1-14-11-20(25)22(12-17(14)23(26)27)13-19(24)21-16-9-5-6-10-18(16)28-15-7-3-2-4-8-15/h2-12H,13H2,1H3,(H,21,24). The van der Waals surface area contributed by atoms with Gasteiger partial charge in [-0.15, -0.1) is 0 Å². The summed E-state index contributed by atoms with van der Waals surface area (Å²) in [5, 5.41) is 13.8. The molecule has 28 heavy (non-hydrogen) atoms. The molecule has 0 spiro atoms. The number of hydrogen-bond donors (Lipinski definition) is 1. The van der Waals surface area contributed by atoms with Gasteiger partial charge in [0.2, 0.25) is 5.91 Å². The molecule has 0 bridgehead atoms. The monoisotopic (exact) mass is 395 g/mol. The molecular formula is C20H17N3O4S. The molecule has 0 unspecified atom stereocenters. The van der Waals surface area contributed by atoms with E-state index in [0.29, 0.717) is 5.69 Å². The maximum absolute atomic E-state index is 12.5. The van der Waals surface area contributed by atoms with E-state index in [0.717, 1.165) is 26.6 Å². The van der Waals surface area contributed by atoms with Gasteiger partial charge in [0.25, 0.3) is 11.2 Å². The quantitative estimate of drug-likeness (QED) is 0.505. The maximum Gasteiger partial charge on any atom is 0.288 e. The predicted octanol–water partition coefficient (Wildman–Crippen LogP) is 3.85. The fraction of sp³-hybridized carbons (Fsp3) is 0.100. The zero-order chi connectivity index (χ0) is 20.1. The minimum absolute atomic E-state index is 0.201. The van der Waals surface area contributed by atoms with Gasteiger partial charge in [0.1, 0.15) is 6.54 Å². The van der Waals surface area contributed by atoms with Crippen molar-refractivity contribution in [1.29, 1.82) is 0 Å². The Morgan fingerprint density at radius 1 is 1.14 bits per heavy atom. The third kappa shape index (κ3) is 4.66. The van der Waals surface area contributed by atoms with Crippen LogP contribution in [0.25, 0.3) is 0 Å². The lowest BCUT2D eigenvalue weighted by Crippen LogP contribution is -2.27. The smallest absolute Gasteiger partial charge is 0.288 e. The lowest BCUT2D eigenvalue weighted by Gasteiger charge is -2.12. The number of pyridine rings is 1. The van der Waals surface area contributed by atoms with Crippen LogP contribution < -0.4 is 10.9 Å². The Bertz CT molecular complexity index is 1080. The first kappa shape index (κ1) is 19.4. The van der Waals surface area contributed by atoms with Crippen LogP contribution in [0.15, 0.2) is 81.4 Å². The highest BCUT2D eigenvalue weighted by atomic mass is 32.2. The molecule has 7 nitrogen and oxygen atoms in total. The molecule has 0 atom stereocenters. The van der Waals surface area contributed by atoms with E-state index in [1.807, 2.05) is 42.5 Å². The van der Waals surface area contributed by atoms with Crippen molar-refractivity contribution in [2.24, 2.45) is 0 Å². The number of carbonyl (C=O) groups excluding carboxylic acids is 1. The van der Waals surface area contributed by atoms with Gasteiger partial charge in [-0.3, -0.25) is 24.3 Å². The molecule has 0 aliphatic heterocycles. The van der Waals surface area contributed by atoms with Gasteiger partial charge < -0.3 is 5.32 Å². The Kier molecular flexibility index (Phi) is 5.90. The summed E-state index contributed by atoms with van der Waals surface area (Å²) in [6.45, 7) is 1.17. The first-order chi connectivity index (χ1) is 13.4. The van der Waals surface area contributed by atoms with E-state index in [1.54, 1.807) is 12.1 Å². The summed E-state index contributed by atoms with van der Waals surface area (Å²) in [5.41, 5.74) is 0.199. The zero-order valence-electron chi connectivity index (χ0n) is 15.0. The molecule has 2 aromatic carbocycles. The zero-order valence-corrected chi connectivity index (χ0v) is 15.8. The molecule has 1 N–H and O–H groups in total. The second-order valence-corrected chi connectivity index (χ2v) is 7.14.